The fraction of sp³-hybridized carbons (Fsp3) is 0.162. The van der Waals surface area contributed by atoms with Gasteiger partial charge in [-0.3, -0.25) is 24.2 Å². The van der Waals surface area contributed by atoms with Crippen LogP contribution in [0.5, 0.6) is 0 Å². The molecule has 9 nitrogen and oxygen atoms in total. The van der Waals surface area contributed by atoms with E-state index >= 15 is 0 Å². The number of esters is 1. The number of hydrogen-bond donors (Lipinski definition) is 1. The summed E-state index contributed by atoms with van der Waals surface area (Å²) in [6, 6.07) is 29.3. The lowest BCUT2D eigenvalue weighted by atomic mass is 9.99. The van der Waals surface area contributed by atoms with Gasteiger partial charge in [0.1, 0.15) is 22.1 Å². The Morgan fingerprint density at radius 2 is 1.59 bits per heavy atom. The maximum Gasteiger partial charge on any atom is 0.356 e. The molecule has 5 aromatic rings. The zero-order chi connectivity index (χ0) is 34.1. The second-order valence-corrected chi connectivity index (χ2v) is 14.5. The van der Waals surface area contributed by atoms with E-state index in [4.69, 9.17) is 4.74 Å². The van der Waals surface area contributed by atoms with Crippen LogP contribution in [0.3, 0.4) is 0 Å². The Morgan fingerprint density at radius 1 is 0.918 bits per heavy atom. The molecule has 2 aromatic heterocycles. The van der Waals surface area contributed by atoms with Gasteiger partial charge in [-0.1, -0.05) is 60.7 Å². The molecule has 4 heterocycles. The number of rotatable bonds is 9. The zero-order valence-corrected chi connectivity index (χ0v) is 28.9. The van der Waals surface area contributed by atoms with Gasteiger partial charge in [-0.25, -0.2) is 9.78 Å². The Morgan fingerprint density at radius 3 is 2.18 bits per heavy atom. The highest BCUT2D eigenvalue weighted by Crippen LogP contribution is 2.48. The van der Waals surface area contributed by atoms with Gasteiger partial charge in [-0.05, 0) is 52.9 Å². The van der Waals surface area contributed by atoms with Crippen molar-refractivity contribution in [2.24, 2.45) is 0 Å². The topological polar surface area (TPSA) is 109 Å². The van der Waals surface area contributed by atoms with E-state index < -0.39 is 23.5 Å². The number of benzene rings is 3. The third-order valence-corrected chi connectivity index (χ3v) is 11.4. The summed E-state index contributed by atoms with van der Waals surface area (Å²) < 4.78 is 6.34. The van der Waals surface area contributed by atoms with Crippen molar-refractivity contribution in [3.8, 4) is 10.6 Å². The molecule has 2 atom stereocenters. The smallest absolute Gasteiger partial charge is 0.356 e. The van der Waals surface area contributed by atoms with Crippen molar-refractivity contribution in [2.75, 3.05) is 16.0 Å². The Labute approximate surface area is 295 Å². The average Bonchev–Trinajstić information content (AvgIpc) is 3.83. The van der Waals surface area contributed by atoms with E-state index in [0.717, 1.165) is 26.6 Å². The maximum absolute atomic E-state index is 14.5. The molecule has 49 heavy (non-hydrogen) atoms. The molecule has 1 N–H and O–H groups in total. The molecule has 1 fully saturated rings. The van der Waals surface area contributed by atoms with E-state index in [9.17, 15) is 19.2 Å². The summed E-state index contributed by atoms with van der Waals surface area (Å²) >= 11 is 4.30. The van der Waals surface area contributed by atoms with Crippen LogP contribution in [0.15, 0.2) is 114 Å². The molecule has 0 saturated carbocycles. The number of hydrogen-bond acceptors (Lipinski definition) is 9. The highest BCUT2D eigenvalue weighted by atomic mass is 32.2. The summed E-state index contributed by atoms with van der Waals surface area (Å²) in [7, 11) is 0. The van der Waals surface area contributed by atoms with Crippen molar-refractivity contribution < 1.29 is 23.9 Å². The van der Waals surface area contributed by atoms with Crippen LogP contribution in [-0.4, -0.2) is 50.7 Å². The average molecular weight is 707 g/mol. The summed E-state index contributed by atoms with van der Waals surface area (Å²) in [5.41, 5.74) is 3.91. The lowest BCUT2D eigenvalue weighted by Gasteiger charge is -2.52. The third kappa shape index (κ3) is 6.42. The quantitative estimate of drug-likeness (QED) is 0.128. The van der Waals surface area contributed by atoms with Crippen molar-refractivity contribution in [3.05, 3.63) is 130 Å². The first kappa shape index (κ1) is 32.5. The number of nitrogens with one attached hydrogen (secondary N) is 1. The molecular weight excluding hydrogens is 677 g/mol. The number of carbonyl (C=O) groups is 4. The van der Waals surface area contributed by atoms with Gasteiger partial charge < -0.3 is 10.1 Å². The zero-order valence-electron chi connectivity index (χ0n) is 26.4. The fourth-order valence-corrected chi connectivity index (χ4v) is 9.24. The number of nitrogens with zero attached hydrogens (tertiary/aromatic N) is 3. The minimum absolute atomic E-state index is 0.157. The third-order valence-electron chi connectivity index (χ3n) is 8.18. The second kappa shape index (κ2) is 13.8. The summed E-state index contributed by atoms with van der Waals surface area (Å²) in [5.74, 6) is -0.986. The summed E-state index contributed by atoms with van der Waals surface area (Å²) in [6.07, 6.45) is 0.995. The minimum Gasteiger partial charge on any atom is -0.448 e. The Balaban J connectivity index is 1.28. The lowest BCUT2D eigenvalue weighted by molar-refractivity contribution is -0.153. The minimum atomic E-state index is -0.760. The number of aromatic nitrogens is 1. The van der Waals surface area contributed by atoms with Crippen LogP contribution < -0.4 is 10.2 Å². The van der Waals surface area contributed by atoms with Gasteiger partial charge in [0, 0.05) is 42.6 Å². The van der Waals surface area contributed by atoms with Crippen molar-refractivity contribution in [3.63, 3.8) is 0 Å². The van der Waals surface area contributed by atoms with Gasteiger partial charge in [0.05, 0.1) is 9.88 Å². The second-order valence-electron chi connectivity index (χ2n) is 11.4. The number of amides is 3. The van der Waals surface area contributed by atoms with Crippen molar-refractivity contribution in [2.45, 2.75) is 31.4 Å². The normalized spacial score (nSPS) is 17.0. The monoisotopic (exact) mass is 706 g/mol. The van der Waals surface area contributed by atoms with Gasteiger partial charge in [-0.2, -0.15) is 0 Å². The van der Waals surface area contributed by atoms with Gasteiger partial charge in [0.15, 0.2) is 6.10 Å². The number of fused-ring (bicyclic) bond motifs is 1. The van der Waals surface area contributed by atoms with Crippen molar-refractivity contribution in [1.29, 1.82) is 0 Å². The first-order valence-electron chi connectivity index (χ1n) is 15.5. The van der Waals surface area contributed by atoms with Crippen LogP contribution in [0.25, 0.3) is 16.1 Å². The van der Waals surface area contributed by atoms with E-state index in [-0.39, 0.29) is 23.4 Å². The highest BCUT2D eigenvalue weighted by molar-refractivity contribution is 8.00. The van der Waals surface area contributed by atoms with Gasteiger partial charge in [0.2, 0.25) is 11.8 Å². The largest absolute Gasteiger partial charge is 0.448 e. The summed E-state index contributed by atoms with van der Waals surface area (Å²) in [4.78, 5) is 61.4. The molecule has 2 aliphatic rings. The number of anilines is 2. The molecule has 2 unspecified atom stereocenters. The van der Waals surface area contributed by atoms with Crippen LogP contribution in [0.2, 0.25) is 0 Å². The number of β-lactam (4-membered cyclic amide) rings is 1. The first-order chi connectivity index (χ1) is 23.8. The molecule has 0 bridgehead atoms. The maximum atomic E-state index is 14.5. The Hall–Kier alpha value is -5.04. The van der Waals surface area contributed by atoms with Crippen LogP contribution >= 0.6 is 34.4 Å². The lowest BCUT2D eigenvalue weighted by Crippen LogP contribution is -2.71. The molecule has 3 aromatic carbocycles. The molecule has 246 valence electrons. The highest BCUT2D eigenvalue weighted by Gasteiger charge is 2.57. The van der Waals surface area contributed by atoms with Crippen LogP contribution in [0.4, 0.5) is 10.7 Å². The van der Waals surface area contributed by atoms with Crippen molar-refractivity contribution in [1.82, 2.24) is 9.88 Å². The van der Waals surface area contributed by atoms with E-state index in [1.807, 2.05) is 102 Å². The standard InChI is InChI=1S/C37H30N4O5S3/c1-22(42)39-27-17-15-26(16-18-27)34-38-20-29(49-34)28-21-48-36-32(40(23(2)43)30-14-9-19-47-30)35(44)41(36)31(28)37(45)46-33(24-10-5-3-6-11-24)25-12-7-4-8-13-25/h3-20,32-33,36H,21H2,1-2H3,(H,39,42). The predicted octanol–water partition coefficient (Wildman–Crippen LogP) is 7.21. The Bertz CT molecular complexity index is 2010. The van der Waals surface area contributed by atoms with E-state index in [0.29, 0.717) is 22.0 Å². The number of carbonyl (C=O) groups excluding carboxylic acids is 4. The van der Waals surface area contributed by atoms with Crippen LogP contribution in [-0.2, 0) is 23.9 Å². The fourth-order valence-electron chi connectivity index (χ4n) is 5.97. The SMILES string of the molecule is CC(=O)Nc1ccc(-c2ncc(C3=C(C(=O)OC(c4ccccc4)c4ccccc4)N4C(=O)C(N(C(C)=O)c5cccs5)C4SC3)s2)cc1. The summed E-state index contributed by atoms with van der Waals surface area (Å²) in [5, 5.41) is 5.54. The number of thioether (sulfide) groups is 1. The van der Waals surface area contributed by atoms with E-state index in [1.54, 1.807) is 6.20 Å². The number of thiazole rings is 1. The molecule has 1 saturated heterocycles. The van der Waals surface area contributed by atoms with Gasteiger partial charge >= 0.3 is 5.97 Å². The molecular formula is C37H30N4O5S3. The van der Waals surface area contributed by atoms with E-state index in [1.165, 1.54) is 58.1 Å². The molecule has 0 radical (unpaired) electrons. The molecule has 7 rings (SSSR count). The van der Waals surface area contributed by atoms with Crippen LogP contribution in [0, 0.1) is 0 Å². The molecule has 0 spiro atoms. The predicted molar refractivity (Wildman–Crippen MR) is 194 cm³/mol. The Kier molecular flexibility index (Phi) is 9.17. The number of ether oxygens (including phenoxy) is 1. The molecule has 2 aliphatic heterocycles. The van der Waals surface area contributed by atoms with Crippen LogP contribution in [0.1, 0.15) is 36.0 Å². The van der Waals surface area contributed by atoms with Crippen molar-refractivity contribution >= 4 is 74.4 Å². The van der Waals surface area contributed by atoms with E-state index in [2.05, 4.69) is 10.3 Å². The molecule has 12 heteroatoms. The first-order valence-corrected chi connectivity index (χ1v) is 18.2. The summed E-state index contributed by atoms with van der Waals surface area (Å²) in [6.45, 7) is 2.91. The molecule has 0 aliphatic carbocycles. The van der Waals surface area contributed by atoms with Gasteiger partial charge in [-0.15, -0.1) is 34.4 Å². The molecule has 3 amide bonds. The van der Waals surface area contributed by atoms with Gasteiger partial charge in [0.25, 0.3) is 5.91 Å². The number of thiophene rings is 1.